The summed E-state index contributed by atoms with van der Waals surface area (Å²) in [6.45, 7) is 14.6. The predicted molar refractivity (Wildman–Crippen MR) is 87.2 cm³/mol. The van der Waals surface area contributed by atoms with Crippen molar-refractivity contribution in [2.24, 2.45) is 5.41 Å². The van der Waals surface area contributed by atoms with E-state index in [1.807, 2.05) is 6.92 Å². The molecule has 1 aliphatic heterocycles. The molecule has 0 saturated carbocycles. The number of nitrogens with one attached hydrogen (secondary N) is 1. The lowest BCUT2D eigenvalue weighted by Crippen LogP contribution is -2.37. The largest absolute Gasteiger partial charge is 0.494 e. The van der Waals surface area contributed by atoms with Gasteiger partial charge < -0.3 is 14.8 Å². The Balaban J connectivity index is 2.16. The molecule has 0 aliphatic carbocycles. The Kier molecular flexibility index (Phi) is 4.82. The number of hydrogen-bond acceptors (Lipinski definition) is 3. The molecule has 0 saturated heterocycles. The number of benzene rings is 1. The molecule has 0 radical (unpaired) electrons. The summed E-state index contributed by atoms with van der Waals surface area (Å²) in [6, 6.07) is 4.73. The second-order valence-corrected chi connectivity index (χ2v) is 7.10. The van der Waals surface area contributed by atoms with Crippen molar-refractivity contribution in [2.75, 3.05) is 6.61 Å². The van der Waals surface area contributed by atoms with Gasteiger partial charge in [-0.25, -0.2) is 0 Å². The standard InChI is InChI=1S/C18H29NO2/c1-7-20-16-9-14-8-12(2)21-17(14)10-15(16)11-19-13(3)18(4,5)6/h9-10,12-13,19H,7-8,11H2,1-6H3. The van der Waals surface area contributed by atoms with Crippen molar-refractivity contribution in [3.63, 3.8) is 0 Å². The molecule has 0 aromatic heterocycles. The van der Waals surface area contributed by atoms with Crippen LogP contribution in [0.1, 0.15) is 52.7 Å². The highest BCUT2D eigenvalue weighted by atomic mass is 16.5. The summed E-state index contributed by atoms with van der Waals surface area (Å²) in [5.41, 5.74) is 2.69. The van der Waals surface area contributed by atoms with Crippen LogP contribution in [0.5, 0.6) is 11.5 Å². The normalized spacial score (nSPS) is 19.0. The zero-order chi connectivity index (χ0) is 15.6. The summed E-state index contributed by atoms with van der Waals surface area (Å²) in [7, 11) is 0. The van der Waals surface area contributed by atoms with Crippen LogP contribution >= 0.6 is 0 Å². The van der Waals surface area contributed by atoms with E-state index in [0.717, 1.165) is 24.5 Å². The zero-order valence-electron chi connectivity index (χ0n) is 14.2. The van der Waals surface area contributed by atoms with E-state index in [1.165, 1.54) is 11.1 Å². The Morgan fingerprint density at radius 3 is 2.71 bits per heavy atom. The third-order valence-electron chi connectivity index (χ3n) is 4.28. The first kappa shape index (κ1) is 16.2. The Labute approximate surface area is 129 Å². The van der Waals surface area contributed by atoms with Crippen LogP contribution in [-0.2, 0) is 13.0 Å². The smallest absolute Gasteiger partial charge is 0.124 e. The molecular weight excluding hydrogens is 262 g/mol. The van der Waals surface area contributed by atoms with E-state index in [9.17, 15) is 0 Å². The van der Waals surface area contributed by atoms with E-state index < -0.39 is 0 Å². The summed E-state index contributed by atoms with van der Waals surface area (Å²) in [5, 5.41) is 3.60. The molecule has 0 fully saturated rings. The Bertz CT molecular complexity index is 491. The second-order valence-electron chi connectivity index (χ2n) is 7.10. The van der Waals surface area contributed by atoms with E-state index in [-0.39, 0.29) is 11.5 Å². The van der Waals surface area contributed by atoms with E-state index in [2.05, 4.69) is 52.1 Å². The lowest BCUT2D eigenvalue weighted by Gasteiger charge is -2.28. The first-order valence-corrected chi connectivity index (χ1v) is 8.00. The van der Waals surface area contributed by atoms with Gasteiger partial charge in [0.2, 0.25) is 0 Å². The van der Waals surface area contributed by atoms with E-state index in [4.69, 9.17) is 9.47 Å². The molecule has 0 bridgehead atoms. The molecule has 2 unspecified atom stereocenters. The summed E-state index contributed by atoms with van der Waals surface area (Å²) in [6.07, 6.45) is 1.24. The van der Waals surface area contributed by atoms with Crippen molar-refractivity contribution in [3.8, 4) is 11.5 Å². The fourth-order valence-electron chi connectivity index (χ4n) is 2.48. The van der Waals surface area contributed by atoms with Crippen LogP contribution in [0, 0.1) is 5.41 Å². The minimum Gasteiger partial charge on any atom is -0.494 e. The van der Waals surface area contributed by atoms with Crippen LogP contribution < -0.4 is 14.8 Å². The van der Waals surface area contributed by atoms with Gasteiger partial charge in [0.25, 0.3) is 0 Å². The lowest BCUT2D eigenvalue weighted by atomic mass is 9.88. The minimum atomic E-state index is 0.244. The van der Waals surface area contributed by atoms with Gasteiger partial charge in [0.15, 0.2) is 0 Å². The molecule has 118 valence electrons. The number of hydrogen-bond donors (Lipinski definition) is 1. The van der Waals surface area contributed by atoms with Gasteiger partial charge in [-0.05, 0) is 38.3 Å². The molecule has 1 aromatic carbocycles. The lowest BCUT2D eigenvalue weighted by molar-refractivity contribution is 0.254. The Morgan fingerprint density at radius 2 is 2.10 bits per heavy atom. The molecule has 2 atom stereocenters. The maximum Gasteiger partial charge on any atom is 0.124 e. The highest BCUT2D eigenvalue weighted by Gasteiger charge is 2.23. The van der Waals surface area contributed by atoms with Gasteiger partial charge in [-0.1, -0.05) is 20.8 Å². The van der Waals surface area contributed by atoms with Crippen LogP contribution in [0.15, 0.2) is 12.1 Å². The highest BCUT2D eigenvalue weighted by Crippen LogP contribution is 2.35. The molecule has 0 amide bonds. The van der Waals surface area contributed by atoms with Crippen molar-refractivity contribution < 1.29 is 9.47 Å². The maximum atomic E-state index is 5.87. The summed E-state index contributed by atoms with van der Waals surface area (Å²) < 4.78 is 11.7. The fourth-order valence-corrected chi connectivity index (χ4v) is 2.48. The molecule has 2 rings (SSSR count). The first-order chi connectivity index (χ1) is 9.81. The summed E-state index contributed by atoms with van der Waals surface area (Å²) in [5.74, 6) is 2.01. The zero-order valence-corrected chi connectivity index (χ0v) is 14.2. The number of fused-ring (bicyclic) bond motifs is 1. The average molecular weight is 291 g/mol. The minimum absolute atomic E-state index is 0.244. The fraction of sp³-hybridized carbons (Fsp3) is 0.667. The van der Waals surface area contributed by atoms with E-state index in [0.29, 0.717) is 12.6 Å². The Hall–Kier alpha value is -1.22. The predicted octanol–water partition coefficient (Wildman–Crippen LogP) is 3.93. The molecular formula is C18H29NO2. The first-order valence-electron chi connectivity index (χ1n) is 8.00. The van der Waals surface area contributed by atoms with Gasteiger partial charge in [0.05, 0.1) is 6.61 Å². The topological polar surface area (TPSA) is 30.5 Å². The SMILES string of the molecule is CCOc1cc2c(cc1CNC(C)C(C)(C)C)OC(C)C2. The van der Waals surface area contributed by atoms with Gasteiger partial charge in [-0.3, -0.25) is 0 Å². The molecule has 1 heterocycles. The Morgan fingerprint density at radius 1 is 1.38 bits per heavy atom. The highest BCUT2D eigenvalue weighted by molar-refractivity contribution is 5.48. The van der Waals surface area contributed by atoms with Crippen LogP contribution in [0.2, 0.25) is 0 Å². The average Bonchev–Trinajstić information content (AvgIpc) is 2.74. The third-order valence-corrected chi connectivity index (χ3v) is 4.28. The van der Waals surface area contributed by atoms with Crippen LogP contribution in [0.3, 0.4) is 0 Å². The van der Waals surface area contributed by atoms with E-state index in [1.54, 1.807) is 0 Å². The van der Waals surface area contributed by atoms with Gasteiger partial charge in [-0.15, -0.1) is 0 Å². The van der Waals surface area contributed by atoms with Gasteiger partial charge in [0.1, 0.15) is 17.6 Å². The quantitative estimate of drug-likeness (QED) is 0.891. The van der Waals surface area contributed by atoms with Crippen molar-refractivity contribution >= 4 is 0 Å². The number of rotatable bonds is 5. The molecule has 1 aliphatic rings. The number of ether oxygens (including phenoxy) is 2. The van der Waals surface area contributed by atoms with Crippen LogP contribution in [0.25, 0.3) is 0 Å². The molecule has 1 aromatic rings. The van der Waals surface area contributed by atoms with Crippen molar-refractivity contribution in [2.45, 2.75) is 66.7 Å². The van der Waals surface area contributed by atoms with Crippen molar-refractivity contribution in [3.05, 3.63) is 23.3 Å². The van der Waals surface area contributed by atoms with Crippen LogP contribution in [0.4, 0.5) is 0 Å². The second kappa shape index (κ2) is 6.27. The van der Waals surface area contributed by atoms with Gasteiger partial charge in [-0.2, -0.15) is 0 Å². The molecule has 3 heteroatoms. The summed E-state index contributed by atoms with van der Waals surface area (Å²) in [4.78, 5) is 0. The van der Waals surface area contributed by atoms with Crippen molar-refractivity contribution in [1.82, 2.24) is 5.32 Å². The van der Waals surface area contributed by atoms with Crippen molar-refractivity contribution in [1.29, 1.82) is 0 Å². The van der Waals surface area contributed by atoms with Gasteiger partial charge in [0, 0.05) is 30.1 Å². The summed E-state index contributed by atoms with van der Waals surface area (Å²) >= 11 is 0. The molecule has 21 heavy (non-hydrogen) atoms. The molecule has 0 spiro atoms. The molecule has 3 nitrogen and oxygen atoms in total. The third kappa shape index (κ3) is 3.91. The van der Waals surface area contributed by atoms with E-state index >= 15 is 0 Å². The monoisotopic (exact) mass is 291 g/mol. The maximum absolute atomic E-state index is 5.87. The molecule has 1 N–H and O–H groups in total. The van der Waals surface area contributed by atoms with Crippen LogP contribution in [-0.4, -0.2) is 18.8 Å². The van der Waals surface area contributed by atoms with Gasteiger partial charge >= 0.3 is 0 Å².